The lowest BCUT2D eigenvalue weighted by Crippen LogP contribution is -2.51. The van der Waals surface area contributed by atoms with Crippen LogP contribution in [0.15, 0.2) is 28.6 Å². The fourth-order valence-corrected chi connectivity index (χ4v) is 3.91. The fourth-order valence-electron chi connectivity index (χ4n) is 2.00. The molecule has 1 amide bonds. The van der Waals surface area contributed by atoms with Gasteiger partial charge in [0.15, 0.2) is 4.34 Å². The number of ether oxygens (including phenoxy) is 1. The third-order valence-electron chi connectivity index (χ3n) is 4.14. The molecule has 2 aromatic rings. The van der Waals surface area contributed by atoms with E-state index in [1.807, 2.05) is 38.1 Å². The third kappa shape index (κ3) is 5.58. The molecule has 0 aliphatic rings. The van der Waals surface area contributed by atoms with Crippen molar-refractivity contribution in [2.45, 2.75) is 42.8 Å². The van der Waals surface area contributed by atoms with Crippen molar-refractivity contribution in [3.8, 4) is 11.8 Å². The number of hydrogen-bond acceptors (Lipinski definition) is 8. The Morgan fingerprint density at radius 2 is 2.11 bits per heavy atom. The Labute approximate surface area is 167 Å². The summed E-state index contributed by atoms with van der Waals surface area (Å²) >= 11 is 2.67. The Morgan fingerprint density at radius 3 is 2.74 bits per heavy atom. The number of benzene rings is 1. The highest BCUT2D eigenvalue weighted by atomic mass is 32.2. The highest BCUT2D eigenvalue weighted by Crippen LogP contribution is 2.31. The van der Waals surface area contributed by atoms with Gasteiger partial charge in [0.25, 0.3) is 0 Å². The molecule has 7 nitrogen and oxygen atoms in total. The molecule has 1 heterocycles. The average molecular weight is 406 g/mol. The van der Waals surface area contributed by atoms with Crippen molar-refractivity contribution in [3.63, 3.8) is 0 Å². The number of anilines is 2. The molecule has 0 aliphatic heterocycles. The van der Waals surface area contributed by atoms with Crippen LogP contribution in [0.1, 0.15) is 27.7 Å². The van der Waals surface area contributed by atoms with E-state index < -0.39 is 10.8 Å². The molecular weight excluding hydrogens is 382 g/mol. The van der Waals surface area contributed by atoms with E-state index in [0.29, 0.717) is 9.47 Å². The maximum atomic E-state index is 12.4. The lowest BCUT2D eigenvalue weighted by molar-refractivity contribution is -0.121. The van der Waals surface area contributed by atoms with Crippen molar-refractivity contribution in [1.29, 1.82) is 5.26 Å². The van der Waals surface area contributed by atoms with Gasteiger partial charge < -0.3 is 15.4 Å². The van der Waals surface area contributed by atoms with Gasteiger partial charge in [-0.25, -0.2) is 0 Å². The second kappa shape index (κ2) is 9.06. The summed E-state index contributed by atoms with van der Waals surface area (Å²) in [7, 11) is 1.61. The number of aromatic nitrogens is 2. The first-order chi connectivity index (χ1) is 12.8. The smallest absolute Gasteiger partial charge is 0.234 e. The largest absolute Gasteiger partial charge is 0.497 e. The summed E-state index contributed by atoms with van der Waals surface area (Å²) < 4.78 is 5.87. The monoisotopic (exact) mass is 405 g/mol. The van der Waals surface area contributed by atoms with E-state index in [0.717, 1.165) is 11.4 Å². The van der Waals surface area contributed by atoms with Crippen LogP contribution in [-0.4, -0.2) is 34.0 Å². The van der Waals surface area contributed by atoms with Gasteiger partial charge in [-0.1, -0.05) is 43.0 Å². The number of nitrogens with zero attached hydrogens (tertiary/aromatic N) is 3. The molecule has 0 bridgehead atoms. The van der Waals surface area contributed by atoms with Crippen LogP contribution < -0.4 is 15.4 Å². The molecule has 9 heteroatoms. The van der Waals surface area contributed by atoms with E-state index in [-0.39, 0.29) is 11.8 Å². The molecule has 0 aliphatic carbocycles. The first-order valence-electron chi connectivity index (χ1n) is 8.42. The Morgan fingerprint density at radius 1 is 1.37 bits per heavy atom. The van der Waals surface area contributed by atoms with Crippen molar-refractivity contribution in [2.24, 2.45) is 5.92 Å². The Kier molecular flexibility index (Phi) is 7.05. The summed E-state index contributed by atoms with van der Waals surface area (Å²) in [6, 6.07) is 9.69. The first kappa shape index (κ1) is 21.0. The van der Waals surface area contributed by atoms with Gasteiger partial charge in [-0.05, 0) is 31.9 Å². The Balaban J connectivity index is 1.98. The van der Waals surface area contributed by atoms with Crippen LogP contribution in [0.2, 0.25) is 0 Å². The summed E-state index contributed by atoms with van der Waals surface area (Å²) in [5.74, 6) is 0.550. The second-order valence-corrected chi connectivity index (χ2v) is 9.01. The van der Waals surface area contributed by atoms with Crippen molar-refractivity contribution < 1.29 is 9.53 Å². The van der Waals surface area contributed by atoms with E-state index in [4.69, 9.17) is 4.74 Å². The Hall–Kier alpha value is -2.31. The van der Waals surface area contributed by atoms with E-state index >= 15 is 0 Å². The van der Waals surface area contributed by atoms with Gasteiger partial charge in [0, 0.05) is 11.8 Å². The zero-order valence-electron chi connectivity index (χ0n) is 15.9. The minimum Gasteiger partial charge on any atom is -0.497 e. The molecule has 0 fully saturated rings. The Bertz CT molecular complexity index is 833. The summed E-state index contributed by atoms with van der Waals surface area (Å²) in [5.41, 5.74) is -0.0545. The van der Waals surface area contributed by atoms with E-state index in [9.17, 15) is 10.1 Å². The highest BCUT2D eigenvalue weighted by molar-refractivity contribution is 8.02. The number of thioether (sulfide) groups is 1. The van der Waals surface area contributed by atoms with Crippen LogP contribution >= 0.6 is 23.1 Å². The standard InChI is InChI=1S/C18H23N5O2S2/c1-11(2)18(4,10-19)21-15(24)12(3)26-17-23-22-16(27-17)20-13-7-6-8-14(9-13)25-5/h6-9,11-12H,1-5H3,(H,20,22)(H,21,24)/t12-,18+/m1/s1. The van der Waals surface area contributed by atoms with Crippen LogP contribution in [0.4, 0.5) is 10.8 Å². The molecule has 0 saturated carbocycles. The van der Waals surface area contributed by atoms with Gasteiger partial charge in [-0.2, -0.15) is 5.26 Å². The van der Waals surface area contributed by atoms with Crippen LogP contribution in [-0.2, 0) is 4.79 Å². The van der Waals surface area contributed by atoms with Crippen molar-refractivity contribution in [2.75, 3.05) is 12.4 Å². The van der Waals surface area contributed by atoms with E-state index in [2.05, 4.69) is 26.9 Å². The summed E-state index contributed by atoms with van der Waals surface area (Å²) in [5, 5.41) is 23.8. The molecule has 0 unspecified atom stereocenters. The molecule has 2 N–H and O–H groups in total. The molecule has 2 atom stereocenters. The summed E-state index contributed by atoms with van der Waals surface area (Å²) in [6.45, 7) is 7.33. The number of methoxy groups -OCH3 is 1. The van der Waals surface area contributed by atoms with Crippen molar-refractivity contribution in [3.05, 3.63) is 24.3 Å². The van der Waals surface area contributed by atoms with Crippen LogP contribution in [0.5, 0.6) is 5.75 Å². The van der Waals surface area contributed by atoms with Crippen LogP contribution in [0, 0.1) is 17.2 Å². The fraction of sp³-hybridized carbons (Fsp3) is 0.444. The molecule has 2 rings (SSSR count). The van der Waals surface area contributed by atoms with Crippen LogP contribution in [0.25, 0.3) is 0 Å². The molecule has 144 valence electrons. The van der Waals surface area contributed by atoms with Gasteiger partial charge in [0.05, 0.1) is 18.4 Å². The third-order valence-corrected chi connectivity index (χ3v) is 6.17. The number of carbonyl (C=O) groups is 1. The van der Waals surface area contributed by atoms with Crippen molar-refractivity contribution >= 4 is 39.8 Å². The molecule has 27 heavy (non-hydrogen) atoms. The molecule has 0 saturated heterocycles. The SMILES string of the molecule is COc1cccc(Nc2nnc(S[C@H](C)C(=O)N[C@@](C)(C#N)C(C)C)s2)c1. The number of nitrogens with one attached hydrogen (secondary N) is 2. The molecule has 0 radical (unpaired) electrons. The van der Waals surface area contributed by atoms with Crippen LogP contribution in [0.3, 0.4) is 0 Å². The quantitative estimate of drug-likeness (QED) is 0.644. The van der Waals surface area contributed by atoms with Gasteiger partial charge in [0.2, 0.25) is 11.0 Å². The number of rotatable bonds is 8. The minimum absolute atomic E-state index is 0.00356. The zero-order valence-corrected chi connectivity index (χ0v) is 17.6. The molecule has 1 aromatic heterocycles. The minimum atomic E-state index is -0.897. The molecule has 0 spiro atoms. The molecular formula is C18H23N5O2S2. The number of hydrogen-bond donors (Lipinski definition) is 2. The maximum absolute atomic E-state index is 12.4. The predicted molar refractivity (Wildman–Crippen MR) is 109 cm³/mol. The average Bonchev–Trinajstić information content (AvgIpc) is 3.08. The lowest BCUT2D eigenvalue weighted by Gasteiger charge is -2.28. The summed E-state index contributed by atoms with van der Waals surface area (Å²) in [4.78, 5) is 12.4. The van der Waals surface area contributed by atoms with Crippen molar-refractivity contribution in [1.82, 2.24) is 15.5 Å². The zero-order chi connectivity index (χ0) is 20.0. The maximum Gasteiger partial charge on any atom is 0.234 e. The topological polar surface area (TPSA) is 99.9 Å². The van der Waals surface area contributed by atoms with E-state index in [1.54, 1.807) is 21.0 Å². The predicted octanol–water partition coefficient (Wildman–Crippen LogP) is 3.83. The first-order valence-corrected chi connectivity index (χ1v) is 10.1. The van der Waals surface area contributed by atoms with E-state index in [1.165, 1.54) is 23.1 Å². The molecule has 1 aromatic carbocycles. The van der Waals surface area contributed by atoms with Gasteiger partial charge in [-0.3, -0.25) is 4.79 Å². The summed E-state index contributed by atoms with van der Waals surface area (Å²) in [6.07, 6.45) is 0. The normalized spacial score (nSPS) is 14.1. The highest BCUT2D eigenvalue weighted by Gasteiger charge is 2.32. The number of amides is 1. The van der Waals surface area contributed by atoms with Gasteiger partial charge in [0.1, 0.15) is 11.3 Å². The number of carbonyl (C=O) groups excluding carboxylic acids is 1. The van der Waals surface area contributed by atoms with Gasteiger partial charge in [-0.15, -0.1) is 10.2 Å². The number of nitriles is 1. The second-order valence-electron chi connectivity index (χ2n) is 6.45. The lowest BCUT2D eigenvalue weighted by atomic mass is 9.90. The van der Waals surface area contributed by atoms with Gasteiger partial charge >= 0.3 is 0 Å².